The fourth-order valence-corrected chi connectivity index (χ4v) is 2.19. The van der Waals surface area contributed by atoms with Gasteiger partial charge in [0.2, 0.25) is 0 Å². The molecule has 116 valence electrons. The summed E-state index contributed by atoms with van der Waals surface area (Å²) < 4.78 is 4.97. The highest BCUT2D eigenvalue weighted by Gasteiger charge is 2.44. The predicted octanol–water partition coefficient (Wildman–Crippen LogP) is -1.48. The van der Waals surface area contributed by atoms with Crippen molar-refractivity contribution in [1.82, 2.24) is 5.32 Å². The van der Waals surface area contributed by atoms with Crippen molar-refractivity contribution in [1.29, 1.82) is 0 Å². The molecular weight excluding hydrogens is 278 g/mol. The van der Waals surface area contributed by atoms with Crippen LogP contribution < -0.4 is 5.32 Å². The SMILES string of the molecule is Cc1ccc(C(=O)N[C@@H]2C(O)OC(CO)C(O)[C@@H]2O)cc1. The number of nitrogens with one attached hydrogen (secondary N) is 1. The Balaban J connectivity index is 2.07. The van der Waals surface area contributed by atoms with Crippen LogP contribution in [-0.2, 0) is 4.74 Å². The Bertz CT molecular complexity index is 491. The molecule has 1 aliphatic rings. The second kappa shape index (κ2) is 6.50. The van der Waals surface area contributed by atoms with Crippen LogP contribution >= 0.6 is 0 Å². The average molecular weight is 297 g/mol. The van der Waals surface area contributed by atoms with Gasteiger partial charge in [-0.2, -0.15) is 0 Å². The van der Waals surface area contributed by atoms with Gasteiger partial charge in [0, 0.05) is 5.56 Å². The van der Waals surface area contributed by atoms with Crippen molar-refractivity contribution in [3.63, 3.8) is 0 Å². The van der Waals surface area contributed by atoms with Crippen LogP contribution in [0.2, 0.25) is 0 Å². The number of amides is 1. The minimum Gasteiger partial charge on any atom is -0.394 e. The highest BCUT2D eigenvalue weighted by molar-refractivity contribution is 5.94. The first-order valence-corrected chi connectivity index (χ1v) is 6.62. The number of ether oxygens (including phenoxy) is 1. The van der Waals surface area contributed by atoms with Gasteiger partial charge >= 0.3 is 0 Å². The highest BCUT2D eigenvalue weighted by atomic mass is 16.6. The van der Waals surface area contributed by atoms with Gasteiger partial charge in [-0.1, -0.05) is 17.7 Å². The molecule has 5 atom stereocenters. The smallest absolute Gasteiger partial charge is 0.251 e. The molecule has 0 aliphatic carbocycles. The minimum absolute atomic E-state index is 0.360. The van der Waals surface area contributed by atoms with E-state index in [0.29, 0.717) is 5.56 Å². The molecule has 0 spiro atoms. The quantitative estimate of drug-likeness (QED) is 0.464. The molecule has 1 saturated heterocycles. The Morgan fingerprint density at radius 1 is 1.19 bits per heavy atom. The fourth-order valence-electron chi connectivity index (χ4n) is 2.19. The van der Waals surface area contributed by atoms with Gasteiger partial charge in [-0.25, -0.2) is 0 Å². The number of aliphatic hydroxyl groups is 4. The molecule has 0 bridgehead atoms. The van der Waals surface area contributed by atoms with Gasteiger partial charge in [-0.05, 0) is 19.1 Å². The predicted molar refractivity (Wildman–Crippen MR) is 72.4 cm³/mol. The van der Waals surface area contributed by atoms with E-state index in [2.05, 4.69) is 5.32 Å². The van der Waals surface area contributed by atoms with E-state index >= 15 is 0 Å². The maximum Gasteiger partial charge on any atom is 0.251 e. The Kier molecular flexibility index (Phi) is 4.92. The van der Waals surface area contributed by atoms with E-state index in [1.165, 1.54) is 0 Å². The number of hydrogen-bond acceptors (Lipinski definition) is 6. The Morgan fingerprint density at radius 3 is 2.38 bits per heavy atom. The third-order valence-corrected chi connectivity index (χ3v) is 3.51. The Morgan fingerprint density at radius 2 is 1.81 bits per heavy atom. The average Bonchev–Trinajstić information content (AvgIpc) is 2.47. The van der Waals surface area contributed by atoms with E-state index in [0.717, 1.165) is 5.56 Å². The van der Waals surface area contributed by atoms with Gasteiger partial charge in [0.05, 0.1) is 6.61 Å². The molecule has 21 heavy (non-hydrogen) atoms. The molecule has 1 fully saturated rings. The molecule has 1 amide bonds. The lowest BCUT2D eigenvalue weighted by Crippen LogP contribution is -2.64. The summed E-state index contributed by atoms with van der Waals surface area (Å²) in [6.07, 6.45) is -5.46. The molecule has 0 radical (unpaired) electrons. The standard InChI is InChI=1S/C14H19NO6/c1-7-2-4-8(5-3-7)13(19)15-10-12(18)11(17)9(6-16)21-14(10)20/h2-5,9-12,14,16-18,20H,6H2,1H3,(H,15,19)/t9?,10-,11?,12+,14?/m0/s1. The monoisotopic (exact) mass is 297 g/mol. The molecule has 0 aromatic heterocycles. The molecule has 3 unspecified atom stereocenters. The van der Waals surface area contributed by atoms with Crippen molar-refractivity contribution in [2.45, 2.75) is 37.6 Å². The van der Waals surface area contributed by atoms with Crippen molar-refractivity contribution in [3.8, 4) is 0 Å². The van der Waals surface area contributed by atoms with Gasteiger partial charge in [0.15, 0.2) is 6.29 Å². The molecule has 5 N–H and O–H groups in total. The third-order valence-electron chi connectivity index (χ3n) is 3.51. The Labute approximate surface area is 121 Å². The van der Waals surface area contributed by atoms with Crippen LogP contribution in [0.1, 0.15) is 15.9 Å². The van der Waals surface area contributed by atoms with E-state index in [1.54, 1.807) is 24.3 Å². The highest BCUT2D eigenvalue weighted by Crippen LogP contribution is 2.20. The largest absolute Gasteiger partial charge is 0.394 e. The molecule has 7 heteroatoms. The number of carbonyl (C=O) groups excluding carboxylic acids is 1. The van der Waals surface area contributed by atoms with Crippen LogP contribution in [0, 0.1) is 6.92 Å². The van der Waals surface area contributed by atoms with Crippen molar-refractivity contribution >= 4 is 5.91 Å². The zero-order chi connectivity index (χ0) is 15.6. The molecule has 1 aliphatic heterocycles. The number of hydrogen-bond donors (Lipinski definition) is 5. The van der Waals surface area contributed by atoms with Crippen molar-refractivity contribution < 1.29 is 30.0 Å². The van der Waals surface area contributed by atoms with Crippen LogP contribution in [0.5, 0.6) is 0 Å². The first-order valence-electron chi connectivity index (χ1n) is 6.62. The summed E-state index contributed by atoms with van der Waals surface area (Å²) >= 11 is 0. The van der Waals surface area contributed by atoms with Crippen LogP contribution in [0.25, 0.3) is 0 Å². The van der Waals surface area contributed by atoms with E-state index in [1.807, 2.05) is 6.92 Å². The summed E-state index contributed by atoms with van der Waals surface area (Å²) in [5.74, 6) is -0.503. The van der Waals surface area contributed by atoms with Gasteiger partial charge < -0.3 is 30.5 Å². The lowest BCUT2D eigenvalue weighted by atomic mass is 9.96. The van der Waals surface area contributed by atoms with Crippen molar-refractivity contribution in [2.75, 3.05) is 6.61 Å². The Hall–Kier alpha value is -1.51. The zero-order valence-corrected chi connectivity index (χ0v) is 11.5. The van der Waals surface area contributed by atoms with E-state index < -0.39 is 43.2 Å². The maximum absolute atomic E-state index is 12.1. The number of aliphatic hydroxyl groups excluding tert-OH is 4. The zero-order valence-electron chi connectivity index (χ0n) is 11.5. The van der Waals surface area contributed by atoms with Crippen LogP contribution in [-0.4, -0.2) is 63.6 Å². The van der Waals surface area contributed by atoms with E-state index in [9.17, 15) is 20.1 Å². The fraction of sp³-hybridized carbons (Fsp3) is 0.500. The normalized spacial score (nSPS) is 32.7. The third kappa shape index (κ3) is 3.39. The summed E-state index contributed by atoms with van der Waals surface area (Å²) in [7, 11) is 0. The maximum atomic E-state index is 12.1. The second-order valence-electron chi connectivity index (χ2n) is 5.09. The number of aryl methyl sites for hydroxylation is 1. The van der Waals surface area contributed by atoms with Crippen molar-refractivity contribution in [2.24, 2.45) is 0 Å². The second-order valence-corrected chi connectivity index (χ2v) is 5.09. The van der Waals surface area contributed by atoms with Crippen LogP contribution in [0.15, 0.2) is 24.3 Å². The van der Waals surface area contributed by atoms with E-state index in [-0.39, 0.29) is 0 Å². The molecule has 1 aromatic carbocycles. The summed E-state index contributed by atoms with van der Waals surface area (Å²) in [4.78, 5) is 12.1. The molecule has 2 rings (SSSR count). The van der Waals surface area contributed by atoms with Gasteiger partial charge in [0.25, 0.3) is 5.91 Å². The molecule has 0 saturated carbocycles. The number of rotatable bonds is 3. The lowest BCUT2D eigenvalue weighted by molar-refractivity contribution is -0.252. The summed E-state index contributed by atoms with van der Waals surface area (Å²) in [5.41, 5.74) is 1.35. The van der Waals surface area contributed by atoms with E-state index in [4.69, 9.17) is 9.84 Å². The van der Waals surface area contributed by atoms with Gasteiger partial charge in [-0.3, -0.25) is 4.79 Å². The summed E-state index contributed by atoms with van der Waals surface area (Å²) in [6, 6.07) is 5.56. The van der Waals surface area contributed by atoms with Crippen LogP contribution in [0.3, 0.4) is 0 Å². The lowest BCUT2D eigenvalue weighted by Gasteiger charge is -2.40. The van der Waals surface area contributed by atoms with Gasteiger partial charge in [-0.15, -0.1) is 0 Å². The minimum atomic E-state index is -1.52. The number of carbonyl (C=O) groups is 1. The molecule has 1 aromatic rings. The first kappa shape index (κ1) is 15.9. The van der Waals surface area contributed by atoms with Crippen LogP contribution in [0.4, 0.5) is 0 Å². The van der Waals surface area contributed by atoms with Gasteiger partial charge in [0.1, 0.15) is 24.4 Å². The molecule has 7 nitrogen and oxygen atoms in total. The molecule has 1 heterocycles. The topological polar surface area (TPSA) is 119 Å². The van der Waals surface area contributed by atoms with Crippen molar-refractivity contribution in [3.05, 3.63) is 35.4 Å². The summed E-state index contributed by atoms with van der Waals surface area (Å²) in [5, 5.41) is 40.9. The number of benzene rings is 1. The first-order chi connectivity index (χ1) is 9.93. The molecular formula is C14H19NO6. The summed E-state index contributed by atoms with van der Waals surface area (Å²) in [6.45, 7) is 1.34.